The minimum Gasteiger partial charge on any atom is -0.490 e. The van der Waals surface area contributed by atoms with Gasteiger partial charge in [0.1, 0.15) is 16.6 Å². The van der Waals surface area contributed by atoms with E-state index in [9.17, 15) is 17.6 Å². The fourth-order valence-corrected chi connectivity index (χ4v) is 4.38. The summed E-state index contributed by atoms with van der Waals surface area (Å²) in [6.45, 7) is 4.14. The van der Waals surface area contributed by atoms with Crippen molar-refractivity contribution >= 4 is 27.3 Å². The van der Waals surface area contributed by atoms with Crippen LogP contribution in [0.1, 0.15) is 35.5 Å². The normalized spacial score (nSPS) is 13.5. The number of carbonyl (C=O) groups is 1. The monoisotopic (exact) mass is 477 g/mol. The van der Waals surface area contributed by atoms with Gasteiger partial charge in [0, 0.05) is 24.6 Å². The fourth-order valence-electron chi connectivity index (χ4n) is 3.52. The Balaban J connectivity index is 1.63. The second-order valence-electron chi connectivity index (χ2n) is 7.88. The first-order valence-electron chi connectivity index (χ1n) is 9.86. The van der Waals surface area contributed by atoms with E-state index in [1.165, 1.54) is 28.9 Å². The van der Waals surface area contributed by atoms with Gasteiger partial charge in [-0.25, -0.2) is 17.5 Å². The number of amides is 1. The number of aromatic nitrogens is 2. The van der Waals surface area contributed by atoms with Gasteiger partial charge in [0.05, 0.1) is 34.5 Å². The number of nitrogens with zero attached hydrogens (tertiary/aromatic N) is 3. The minimum atomic E-state index is -3.50. The molecule has 0 radical (unpaired) electrons. The van der Waals surface area contributed by atoms with E-state index in [1.807, 2.05) is 13.8 Å². The van der Waals surface area contributed by atoms with Gasteiger partial charge in [-0.3, -0.25) is 4.79 Å². The van der Waals surface area contributed by atoms with Crippen molar-refractivity contribution in [2.24, 2.45) is 0 Å². The van der Waals surface area contributed by atoms with E-state index < -0.39 is 15.7 Å². The van der Waals surface area contributed by atoms with Gasteiger partial charge in [0.15, 0.2) is 9.84 Å². The van der Waals surface area contributed by atoms with Gasteiger partial charge in [-0.05, 0) is 44.2 Å². The van der Waals surface area contributed by atoms with Crippen molar-refractivity contribution in [2.45, 2.75) is 37.9 Å². The molecule has 1 aliphatic heterocycles. The number of carbonyl (C=O) groups excluding carboxylic acids is 1. The van der Waals surface area contributed by atoms with Crippen LogP contribution in [0.5, 0.6) is 5.75 Å². The van der Waals surface area contributed by atoms with Crippen LogP contribution in [-0.4, -0.2) is 41.4 Å². The highest BCUT2D eigenvalue weighted by atomic mass is 35.5. The number of fused-ring (bicyclic) bond motifs is 1. The van der Waals surface area contributed by atoms with Gasteiger partial charge in [-0.1, -0.05) is 17.7 Å². The van der Waals surface area contributed by atoms with E-state index in [-0.39, 0.29) is 40.6 Å². The van der Waals surface area contributed by atoms with E-state index >= 15 is 0 Å². The van der Waals surface area contributed by atoms with Crippen molar-refractivity contribution in [3.8, 4) is 11.4 Å². The Labute approximate surface area is 190 Å². The van der Waals surface area contributed by atoms with Crippen LogP contribution < -0.4 is 4.74 Å². The predicted molar refractivity (Wildman–Crippen MR) is 117 cm³/mol. The second kappa shape index (κ2) is 8.22. The molecule has 0 bridgehead atoms. The largest absolute Gasteiger partial charge is 0.490 e. The number of ether oxygens (including phenoxy) is 1. The minimum absolute atomic E-state index is 0.0327. The van der Waals surface area contributed by atoms with Crippen molar-refractivity contribution in [3.63, 3.8) is 0 Å². The molecule has 0 saturated carbocycles. The van der Waals surface area contributed by atoms with Crippen LogP contribution in [0.25, 0.3) is 5.69 Å². The summed E-state index contributed by atoms with van der Waals surface area (Å²) in [5, 5.41) is 4.43. The molecule has 7 nitrogen and oxygen atoms in total. The van der Waals surface area contributed by atoms with Crippen LogP contribution >= 0.6 is 11.6 Å². The third-order valence-corrected chi connectivity index (χ3v) is 6.50. The number of rotatable bonds is 5. The summed E-state index contributed by atoms with van der Waals surface area (Å²) in [6.07, 6.45) is 2.60. The van der Waals surface area contributed by atoms with Crippen LogP contribution in [0.3, 0.4) is 0 Å². The Morgan fingerprint density at radius 1 is 1.22 bits per heavy atom. The maximum absolute atomic E-state index is 13.8. The van der Waals surface area contributed by atoms with Crippen molar-refractivity contribution in [1.82, 2.24) is 14.7 Å². The second-order valence-corrected chi connectivity index (χ2v) is 10.3. The standard InChI is InChI=1S/C22H21ClFN3O4S/c1-13(2)31-20-8-7-15(32(3,29)30)9-16(20)22(28)26-10-14-11-27(25-18(14)12-26)19-6-4-5-17(24)21(19)23/h4-9,11,13H,10,12H2,1-3H3. The number of benzene rings is 2. The lowest BCUT2D eigenvalue weighted by Gasteiger charge is -2.20. The summed E-state index contributed by atoms with van der Waals surface area (Å²) < 4.78 is 45.0. The molecule has 168 valence electrons. The lowest BCUT2D eigenvalue weighted by atomic mass is 10.1. The van der Waals surface area contributed by atoms with E-state index in [2.05, 4.69) is 5.10 Å². The molecule has 0 atom stereocenters. The number of hydrogen-bond donors (Lipinski definition) is 0. The molecule has 0 aliphatic carbocycles. The number of sulfone groups is 1. The Morgan fingerprint density at radius 2 is 1.97 bits per heavy atom. The molecule has 2 heterocycles. The van der Waals surface area contributed by atoms with Crippen molar-refractivity contribution in [1.29, 1.82) is 0 Å². The van der Waals surface area contributed by atoms with E-state index in [4.69, 9.17) is 16.3 Å². The quantitative estimate of drug-likeness (QED) is 0.554. The summed E-state index contributed by atoms with van der Waals surface area (Å²) in [5.74, 6) is -0.585. The van der Waals surface area contributed by atoms with Crippen LogP contribution in [0.4, 0.5) is 4.39 Å². The first-order chi connectivity index (χ1) is 15.0. The molecule has 0 spiro atoms. The van der Waals surface area contributed by atoms with Gasteiger partial charge in [0.2, 0.25) is 0 Å². The smallest absolute Gasteiger partial charge is 0.258 e. The molecule has 4 rings (SSSR count). The van der Waals surface area contributed by atoms with Crippen molar-refractivity contribution in [3.05, 3.63) is 70.3 Å². The zero-order chi connectivity index (χ0) is 23.2. The van der Waals surface area contributed by atoms with Gasteiger partial charge >= 0.3 is 0 Å². The Morgan fingerprint density at radius 3 is 2.62 bits per heavy atom. The van der Waals surface area contributed by atoms with Crippen LogP contribution in [0.2, 0.25) is 5.02 Å². The topological polar surface area (TPSA) is 81.5 Å². The number of halogens is 2. The average Bonchev–Trinajstić information content (AvgIpc) is 3.28. The molecule has 1 aliphatic rings. The molecule has 0 unspecified atom stereocenters. The van der Waals surface area contributed by atoms with Gasteiger partial charge in [0.25, 0.3) is 5.91 Å². The first kappa shape index (κ1) is 22.3. The van der Waals surface area contributed by atoms with Crippen molar-refractivity contribution in [2.75, 3.05) is 6.26 Å². The van der Waals surface area contributed by atoms with Gasteiger partial charge < -0.3 is 9.64 Å². The fraction of sp³-hybridized carbons (Fsp3) is 0.273. The summed E-state index contributed by atoms with van der Waals surface area (Å²) in [4.78, 5) is 14.9. The highest BCUT2D eigenvalue weighted by Crippen LogP contribution is 2.31. The summed E-state index contributed by atoms with van der Waals surface area (Å²) in [5.41, 5.74) is 2.04. The maximum Gasteiger partial charge on any atom is 0.258 e. The van der Waals surface area contributed by atoms with Crippen LogP contribution in [0, 0.1) is 5.82 Å². The molecule has 2 aromatic carbocycles. The Bertz CT molecular complexity index is 1300. The third kappa shape index (κ3) is 4.22. The zero-order valence-electron chi connectivity index (χ0n) is 17.7. The number of hydrogen-bond acceptors (Lipinski definition) is 5. The lowest BCUT2D eigenvalue weighted by Crippen LogP contribution is -2.27. The molecule has 0 N–H and O–H groups in total. The van der Waals surface area contributed by atoms with Crippen LogP contribution in [-0.2, 0) is 22.9 Å². The van der Waals surface area contributed by atoms with Crippen LogP contribution in [0.15, 0.2) is 47.5 Å². The van der Waals surface area contributed by atoms with E-state index in [0.29, 0.717) is 17.1 Å². The molecular formula is C22H21ClFN3O4S. The molecule has 1 aromatic heterocycles. The van der Waals surface area contributed by atoms with Gasteiger partial charge in [-0.2, -0.15) is 5.10 Å². The highest BCUT2D eigenvalue weighted by molar-refractivity contribution is 7.90. The average molecular weight is 478 g/mol. The molecule has 10 heteroatoms. The molecule has 32 heavy (non-hydrogen) atoms. The summed E-state index contributed by atoms with van der Waals surface area (Å²) in [6, 6.07) is 8.75. The molecule has 0 saturated heterocycles. The Hall–Kier alpha value is -2.91. The lowest BCUT2D eigenvalue weighted by molar-refractivity contribution is 0.0742. The summed E-state index contributed by atoms with van der Waals surface area (Å²) in [7, 11) is -3.50. The predicted octanol–water partition coefficient (Wildman–Crippen LogP) is 4.01. The molecule has 1 amide bonds. The molecule has 0 fully saturated rings. The highest BCUT2D eigenvalue weighted by Gasteiger charge is 2.30. The van der Waals surface area contributed by atoms with Crippen molar-refractivity contribution < 1.29 is 22.3 Å². The van der Waals surface area contributed by atoms with Gasteiger partial charge in [-0.15, -0.1) is 0 Å². The molecule has 3 aromatic rings. The maximum atomic E-state index is 13.8. The van der Waals surface area contributed by atoms with E-state index in [1.54, 1.807) is 23.2 Å². The molecular weight excluding hydrogens is 457 g/mol. The SMILES string of the molecule is CC(C)Oc1ccc(S(C)(=O)=O)cc1C(=O)N1Cc2cn(-c3cccc(F)c3Cl)nc2C1. The zero-order valence-corrected chi connectivity index (χ0v) is 19.2. The first-order valence-corrected chi connectivity index (χ1v) is 12.1. The third-order valence-electron chi connectivity index (χ3n) is 5.02. The Kier molecular flexibility index (Phi) is 5.72. The summed E-state index contributed by atoms with van der Waals surface area (Å²) >= 11 is 6.06. The van der Waals surface area contributed by atoms with E-state index in [0.717, 1.165) is 11.8 Å².